The van der Waals surface area contributed by atoms with Crippen LogP contribution in [0, 0.1) is 6.92 Å². The second-order valence-corrected chi connectivity index (χ2v) is 9.36. The Morgan fingerprint density at radius 2 is 1.80 bits per heavy atom. The molecule has 1 aromatic carbocycles. The second-order valence-electron chi connectivity index (χ2n) is 7.37. The van der Waals surface area contributed by atoms with Gasteiger partial charge in [-0.25, -0.2) is 18.4 Å². The minimum Gasteiger partial charge on any atom is -0.415 e. The van der Waals surface area contributed by atoms with Gasteiger partial charge in [0.25, 0.3) is 11.8 Å². The molecule has 0 saturated heterocycles. The molecule has 0 radical (unpaired) electrons. The summed E-state index contributed by atoms with van der Waals surface area (Å²) >= 11 is 0. The van der Waals surface area contributed by atoms with Crippen LogP contribution in [0.3, 0.4) is 0 Å². The van der Waals surface area contributed by atoms with E-state index >= 15 is 0 Å². The van der Waals surface area contributed by atoms with Gasteiger partial charge in [0.05, 0.1) is 21.8 Å². The molecular formula is C19H19F2N5O3S. The summed E-state index contributed by atoms with van der Waals surface area (Å²) in [6, 6.07) is 6.76. The van der Waals surface area contributed by atoms with Crippen molar-refractivity contribution in [2.75, 3.05) is 11.1 Å². The molecule has 158 valence electrons. The van der Waals surface area contributed by atoms with Gasteiger partial charge in [0, 0.05) is 12.4 Å². The average Bonchev–Trinajstić information content (AvgIpc) is 3.17. The Kier molecular flexibility index (Phi) is 5.22. The maximum atomic E-state index is 12.9. The third-order valence-corrected chi connectivity index (χ3v) is 6.98. The fourth-order valence-electron chi connectivity index (χ4n) is 3.28. The highest BCUT2D eigenvalue weighted by atomic mass is 32.2. The summed E-state index contributed by atoms with van der Waals surface area (Å²) in [6.45, 7) is 1.90. The maximum absolute atomic E-state index is 12.9. The fraction of sp³-hybridized carbons (Fsp3) is 0.368. The Hall–Kier alpha value is -2.95. The summed E-state index contributed by atoms with van der Waals surface area (Å²) in [4.78, 5) is 8.60. The number of nitrogens with zero attached hydrogens (tertiary/aromatic N) is 4. The van der Waals surface area contributed by atoms with Crippen molar-refractivity contribution in [2.24, 2.45) is 0 Å². The Morgan fingerprint density at radius 1 is 1.13 bits per heavy atom. The van der Waals surface area contributed by atoms with Gasteiger partial charge in [0.1, 0.15) is 0 Å². The van der Waals surface area contributed by atoms with Crippen LogP contribution in [0.4, 0.5) is 14.7 Å². The van der Waals surface area contributed by atoms with Crippen LogP contribution in [0.25, 0.3) is 11.5 Å². The highest BCUT2D eigenvalue weighted by Crippen LogP contribution is 2.37. The number of rotatable bonds is 7. The molecule has 0 aliphatic heterocycles. The predicted octanol–water partition coefficient (Wildman–Crippen LogP) is 3.58. The van der Waals surface area contributed by atoms with E-state index in [-0.39, 0.29) is 28.1 Å². The van der Waals surface area contributed by atoms with Gasteiger partial charge in [-0.1, -0.05) is 17.7 Å². The van der Waals surface area contributed by atoms with Crippen molar-refractivity contribution in [3.63, 3.8) is 0 Å². The van der Waals surface area contributed by atoms with Crippen LogP contribution < -0.4 is 5.32 Å². The van der Waals surface area contributed by atoms with Gasteiger partial charge in [0.2, 0.25) is 5.95 Å². The van der Waals surface area contributed by atoms with Gasteiger partial charge in [-0.2, -0.15) is 8.78 Å². The van der Waals surface area contributed by atoms with Crippen LogP contribution in [-0.4, -0.2) is 39.9 Å². The molecule has 11 heteroatoms. The van der Waals surface area contributed by atoms with Gasteiger partial charge in [-0.05, 0) is 38.3 Å². The lowest BCUT2D eigenvalue weighted by atomic mass is 9.78. The molecule has 1 aliphatic carbocycles. The molecular weight excluding hydrogens is 416 g/mol. The number of anilines is 1. The molecule has 0 unspecified atom stereocenters. The highest BCUT2D eigenvalue weighted by molar-refractivity contribution is 7.91. The molecule has 30 heavy (non-hydrogen) atoms. The van der Waals surface area contributed by atoms with Gasteiger partial charge in [0.15, 0.2) is 9.84 Å². The van der Waals surface area contributed by atoms with E-state index in [1.807, 2.05) is 6.92 Å². The predicted molar refractivity (Wildman–Crippen MR) is 104 cm³/mol. The number of aromatic nitrogens is 4. The fourth-order valence-corrected chi connectivity index (χ4v) is 5.09. The van der Waals surface area contributed by atoms with Gasteiger partial charge in [-0.15, -0.1) is 10.2 Å². The van der Waals surface area contributed by atoms with E-state index in [0.29, 0.717) is 12.8 Å². The van der Waals surface area contributed by atoms with E-state index in [2.05, 4.69) is 25.5 Å². The molecule has 1 saturated carbocycles. The number of hydrogen-bond acceptors (Lipinski definition) is 8. The first-order valence-electron chi connectivity index (χ1n) is 9.28. The molecule has 8 nitrogen and oxygen atoms in total. The van der Waals surface area contributed by atoms with Crippen LogP contribution in [0.5, 0.6) is 0 Å². The zero-order valence-electron chi connectivity index (χ0n) is 16.0. The van der Waals surface area contributed by atoms with E-state index in [0.717, 1.165) is 12.0 Å². The Morgan fingerprint density at radius 3 is 2.33 bits per heavy atom. The van der Waals surface area contributed by atoms with Crippen LogP contribution in [0.1, 0.15) is 37.1 Å². The lowest BCUT2D eigenvalue weighted by molar-refractivity contribution is 0.116. The number of sulfone groups is 1. The number of alkyl halides is 2. The third-order valence-electron chi connectivity index (χ3n) is 5.06. The first kappa shape index (κ1) is 20.3. The van der Waals surface area contributed by atoms with E-state index in [4.69, 9.17) is 4.42 Å². The van der Waals surface area contributed by atoms with Crippen LogP contribution in [-0.2, 0) is 9.84 Å². The zero-order valence-corrected chi connectivity index (χ0v) is 16.9. The van der Waals surface area contributed by atoms with Crippen LogP contribution >= 0.6 is 0 Å². The van der Waals surface area contributed by atoms with Crippen LogP contribution in [0.2, 0.25) is 0 Å². The minimum absolute atomic E-state index is 0.0738. The monoisotopic (exact) mass is 435 g/mol. The Bertz CT molecular complexity index is 1130. The van der Waals surface area contributed by atoms with Crippen molar-refractivity contribution in [3.05, 3.63) is 48.1 Å². The van der Waals surface area contributed by atoms with E-state index < -0.39 is 27.7 Å². The van der Waals surface area contributed by atoms with E-state index in [1.165, 1.54) is 12.4 Å². The summed E-state index contributed by atoms with van der Waals surface area (Å²) < 4.78 is 55.8. The van der Waals surface area contributed by atoms with Crippen LogP contribution in [0.15, 0.2) is 46.0 Å². The second kappa shape index (κ2) is 7.71. The summed E-state index contributed by atoms with van der Waals surface area (Å²) in [7, 11) is -3.49. The molecule has 0 spiro atoms. The SMILES string of the molecule is Cc1ccc(S(=O)(=O)CC2(Nc3ncc(-c4nnc(C(F)F)o4)cn3)CCC2)cc1. The third kappa shape index (κ3) is 4.16. The van der Waals surface area contributed by atoms with E-state index in [9.17, 15) is 17.2 Å². The minimum atomic E-state index is -3.49. The molecule has 1 fully saturated rings. The number of aryl methyl sites for hydroxylation is 1. The zero-order chi connectivity index (χ0) is 21.4. The average molecular weight is 435 g/mol. The Labute approximate surface area is 171 Å². The highest BCUT2D eigenvalue weighted by Gasteiger charge is 2.42. The molecule has 2 aromatic heterocycles. The molecule has 2 heterocycles. The maximum Gasteiger partial charge on any atom is 0.314 e. The molecule has 1 aliphatic rings. The lowest BCUT2D eigenvalue weighted by Gasteiger charge is -2.42. The first-order valence-corrected chi connectivity index (χ1v) is 10.9. The lowest BCUT2D eigenvalue weighted by Crippen LogP contribution is -2.51. The van der Waals surface area contributed by atoms with Gasteiger partial charge >= 0.3 is 6.43 Å². The van der Waals surface area contributed by atoms with Crippen molar-refractivity contribution >= 4 is 15.8 Å². The summed E-state index contributed by atoms with van der Waals surface area (Å²) in [5.74, 6) is -0.722. The number of benzene rings is 1. The smallest absolute Gasteiger partial charge is 0.314 e. The quantitative estimate of drug-likeness (QED) is 0.600. The van der Waals surface area contributed by atoms with Crippen molar-refractivity contribution in [3.8, 4) is 11.5 Å². The summed E-state index contributed by atoms with van der Waals surface area (Å²) in [5, 5.41) is 9.96. The largest absolute Gasteiger partial charge is 0.415 e. The molecule has 0 atom stereocenters. The summed E-state index contributed by atoms with van der Waals surface area (Å²) in [5.41, 5.74) is 0.620. The number of nitrogens with one attached hydrogen (secondary N) is 1. The van der Waals surface area contributed by atoms with E-state index in [1.54, 1.807) is 24.3 Å². The summed E-state index contributed by atoms with van der Waals surface area (Å²) in [6.07, 6.45) is 2.10. The van der Waals surface area contributed by atoms with Crippen molar-refractivity contribution in [2.45, 2.75) is 43.0 Å². The number of hydrogen-bond donors (Lipinski definition) is 1. The molecule has 1 N–H and O–H groups in total. The number of halogens is 2. The molecule has 3 aromatic rings. The molecule has 4 rings (SSSR count). The topological polar surface area (TPSA) is 111 Å². The standard InChI is InChI=1S/C19H19F2N5O3S/c1-12-3-5-14(6-4-12)30(27,28)11-19(7-2-8-19)24-18-22-9-13(10-23-18)16-25-26-17(29-16)15(20)21/h3-6,9-10,15H,2,7-8,11H2,1H3,(H,22,23,24). The van der Waals surface area contributed by atoms with Crippen molar-refractivity contribution < 1.29 is 21.6 Å². The van der Waals surface area contributed by atoms with Gasteiger partial charge < -0.3 is 9.73 Å². The Balaban J connectivity index is 1.49. The van der Waals surface area contributed by atoms with Crippen molar-refractivity contribution in [1.82, 2.24) is 20.2 Å². The molecule has 0 bridgehead atoms. The van der Waals surface area contributed by atoms with Gasteiger partial charge in [-0.3, -0.25) is 0 Å². The first-order chi connectivity index (χ1) is 14.3. The normalized spacial score (nSPS) is 15.7. The van der Waals surface area contributed by atoms with Crippen molar-refractivity contribution in [1.29, 1.82) is 0 Å². The molecule has 0 amide bonds.